The van der Waals surface area contributed by atoms with Crippen molar-refractivity contribution in [3.8, 4) is 0 Å². The van der Waals surface area contributed by atoms with Crippen LogP contribution in [0.5, 0.6) is 0 Å². The minimum absolute atomic E-state index is 0.0178. The maximum absolute atomic E-state index is 12.9. The maximum atomic E-state index is 12.9. The molecule has 1 aromatic rings. The number of aliphatic carboxylic acids is 1. The molecule has 2 aliphatic rings. The summed E-state index contributed by atoms with van der Waals surface area (Å²) in [6.45, 7) is 6.27. The van der Waals surface area contributed by atoms with Crippen LogP contribution in [0.4, 0.5) is 4.79 Å². The van der Waals surface area contributed by atoms with E-state index in [-0.39, 0.29) is 24.0 Å². The van der Waals surface area contributed by atoms with E-state index in [9.17, 15) is 14.7 Å². The molecule has 2 atom stereocenters. The van der Waals surface area contributed by atoms with Gasteiger partial charge in [0.2, 0.25) is 0 Å². The van der Waals surface area contributed by atoms with Gasteiger partial charge in [0, 0.05) is 6.04 Å². The summed E-state index contributed by atoms with van der Waals surface area (Å²) in [7, 11) is 0. The van der Waals surface area contributed by atoms with Crippen LogP contribution in [0.25, 0.3) is 0 Å². The fraction of sp³-hybridized carbons (Fsp3) is 0.600. The summed E-state index contributed by atoms with van der Waals surface area (Å²) in [5.74, 6) is -1.01. The SMILES string of the molecule is CC1CC(C)(C)CC1(C(=O)O)N(C(=O)OCc1ccccc1)C1CC1. The molecule has 5 heteroatoms. The smallest absolute Gasteiger partial charge is 0.411 e. The number of rotatable bonds is 5. The zero-order valence-electron chi connectivity index (χ0n) is 15.2. The summed E-state index contributed by atoms with van der Waals surface area (Å²) >= 11 is 0. The van der Waals surface area contributed by atoms with Gasteiger partial charge < -0.3 is 9.84 Å². The lowest BCUT2D eigenvalue weighted by Crippen LogP contribution is -2.60. The summed E-state index contributed by atoms with van der Waals surface area (Å²) in [6, 6.07) is 9.45. The first-order valence-electron chi connectivity index (χ1n) is 9.00. The van der Waals surface area contributed by atoms with Crippen molar-refractivity contribution in [1.82, 2.24) is 4.90 Å². The first kappa shape index (κ1) is 17.8. The number of hydrogen-bond acceptors (Lipinski definition) is 3. The summed E-state index contributed by atoms with van der Waals surface area (Å²) in [4.78, 5) is 26.8. The van der Waals surface area contributed by atoms with Crippen LogP contribution >= 0.6 is 0 Å². The van der Waals surface area contributed by atoms with E-state index in [2.05, 4.69) is 13.8 Å². The third-order valence-electron chi connectivity index (χ3n) is 5.54. The van der Waals surface area contributed by atoms with Gasteiger partial charge in [-0.05, 0) is 42.6 Å². The van der Waals surface area contributed by atoms with E-state index < -0.39 is 17.6 Å². The Kier molecular flexibility index (Phi) is 4.52. The third-order valence-corrected chi connectivity index (χ3v) is 5.54. The zero-order chi connectivity index (χ0) is 18.2. The number of carboxylic acids is 1. The number of carboxylic acid groups (broad SMARTS) is 1. The lowest BCUT2D eigenvalue weighted by molar-refractivity contribution is -0.154. The van der Waals surface area contributed by atoms with E-state index in [1.165, 1.54) is 0 Å². The largest absolute Gasteiger partial charge is 0.479 e. The number of nitrogens with zero attached hydrogens (tertiary/aromatic N) is 1. The van der Waals surface area contributed by atoms with E-state index in [1.54, 1.807) is 4.90 Å². The molecule has 0 spiro atoms. The molecule has 5 nitrogen and oxygen atoms in total. The van der Waals surface area contributed by atoms with Gasteiger partial charge in [0.1, 0.15) is 12.1 Å². The average Bonchev–Trinajstić information content (AvgIpc) is 3.32. The highest BCUT2D eigenvalue weighted by molar-refractivity contribution is 5.86. The topological polar surface area (TPSA) is 66.8 Å². The second kappa shape index (κ2) is 6.36. The highest BCUT2D eigenvalue weighted by atomic mass is 16.6. The third kappa shape index (κ3) is 3.37. The zero-order valence-corrected chi connectivity index (χ0v) is 15.2. The minimum atomic E-state index is -1.17. The van der Waals surface area contributed by atoms with Gasteiger partial charge in [-0.25, -0.2) is 9.59 Å². The second-order valence-electron chi connectivity index (χ2n) is 8.32. The molecule has 3 rings (SSSR count). The van der Waals surface area contributed by atoms with Crippen LogP contribution in [0.15, 0.2) is 30.3 Å². The first-order chi connectivity index (χ1) is 11.8. The molecule has 2 fully saturated rings. The van der Waals surface area contributed by atoms with Gasteiger partial charge in [0.05, 0.1) is 0 Å². The van der Waals surface area contributed by atoms with Gasteiger partial charge in [-0.1, -0.05) is 51.1 Å². The Morgan fingerprint density at radius 3 is 2.36 bits per heavy atom. The highest BCUT2D eigenvalue weighted by Crippen LogP contribution is 2.53. The van der Waals surface area contributed by atoms with Crippen LogP contribution in [0.1, 0.15) is 52.0 Å². The highest BCUT2D eigenvalue weighted by Gasteiger charge is 2.62. The fourth-order valence-electron chi connectivity index (χ4n) is 4.45. The van der Waals surface area contributed by atoms with Crippen molar-refractivity contribution < 1.29 is 19.4 Å². The molecular formula is C20H27NO4. The lowest BCUT2D eigenvalue weighted by Gasteiger charge is -2.41. The normalized spacial score (nSPS) is 27.7. The van der Waals surface area contributed by atoms with Crippen molar-refractivity contribution >= 4 is 12.1 Å². The Balaban J connectivity index is 1.84. The van der Waals surface area contributed by atoms with Crippen molar-refractivity contribution in [3.63, 3.8) is 0 Å². The number of hydrogen-bond donors (Lipinski definition) is 1. The molecular weight excluding hydrogens is 318 g/mol. The molecule has 1 amide bonds. The van der Waals surface area contributed by atoms with Gasteiger partial charge in [0.25, 0.3) is 0 Å². The minimum Gasteiger partial charge on any atom is -0.479 e. The predicted octanol–water partition coefficient (Wildman–Crippen LogP) is 4.07. The van der Waals surface area contributed by atoms with E-state index in [4.69, 9.17) is 4.74 Å². The molecule has 0 radical (unpaired) electrons. The summed E-state index contributed by atoms with van der Waals surface area (Å²) < 4.78 is 5.52. The quantitative estimate of drug-likeness (QED) is 0.873. The van der Waals surface area contributed by atoms with Crippen LogP contribution in [0, 0.1) is 11.3 Å². The molecule has 2 aliphatic carbocycles. The maximum Gasteiger partial charge on any atom is 0.411 e. The monoisotopic (exact) mass is 345 g/mol. The number of ether oxygens (including phenoxy) is 1. The molecule has 136 valence electrons. The van der Waals surface area contributed by atoms with Gasteiger partial charge >= 0.3 is 12.1 Å². The van der Waals surface area contributed by atoms with Crippen LogP contribution in [-0.4, -0.2) is 33.6 Å². The first-order valence-corrected chi connectivity index (χ1v) is 9.00. The Morgan fingerprint density at radius 2 is 1.88 bits per heavy atom. The Labute approximate surface area is 149 Å². The van der Waals surface area contributed by atoms with E-state index in [0.717, 1.165) is 24.8 Å². The Hall–Kier alpha value is -2.04. The van der Waals surface area contributed by atoms with Gasteiger partial charge in [-0.3, -0.25) is 4.90 Å². The molecule has 0 bridgehead atoms. The summed E-state index contributed by atoms with van der Waals surface area (Å²) in [5.41, 5.74) is -0.376. The summed E-state index contributed by atoms with van der Waals surface area (Å²) in [6.07, 6.45) is 2.45. The van der Waals surface area contributed by atoms with E-state index >= 15 is 0 Å². The fourth-order valence-corrected chi connectivity index (χ4v) is 4.45. The van der Waals surface area contributed by atoms with E-state index in [1.807, 2.05) is 37.3 Å². The molecule has 1 N–H and O–H groups in total. The molecule has 2 unspecified atom stereocenters. The molecule has 0 aromatic heterocycles. The Bertz CT molecular complexity index is 653. The number of carbonyl (C=O) groups is 2. The van der Waals surface area contributed by atoms with Crippen LogP contribution in [-0.2, 0) is 16.1 Å². The lowest BCUT2D eigenvalue weighted by atomic mass is 9.84. The van der Waals surface area contributed by atoms with Crippen molar-refractivity contribution in [2.75, 3.05) is 0 Å². The average molecular weight is 345 g/mol. The van der Waals surface area contributed by atoms with Crippen LogP contribution < -0.4 is 0 Å². The van der Waals surface area contributed by atoms with Gasteiger partial charge in [0.15, 0.2) is 0 Å². The van der Waals surface area contributed by atoms with Crippen molar-refractivity contribution in [1.29, 1.82) is 0 Å². The van der Waals surface area contributed by atoms with Crippen molar-refractivity contribution in [2.24, 2.45) is 11.3 Å². The molecule has 25 heavy (non-hydrogen) atoms. The standard InChI is InChI=1S/C20H27NO4/c1-14-11-19(2,3)13-20(14,17(22)23)21(16-9-10-16)18(24)25-12-15-7-5-4-6-8-15/h4-8,14,16H,9-13H2,1-3H3,(H,22,23). The second-order valence-corrected chi connectivity index (χ2v) is 8.32. The van der Waals surface area contributed by atoms with E-state index in [0.29, 0.717) is 6.42 Å². The number of benzene rings is 1. The van der Waals surface area contributed by atoms with Crippen LogP contribution in [0.2, 0.25) is 0 Å². The molecule has 1 aromatic carbocycles. The predicted molar refractivity (Wildman–Crippen MR) is 94.0 cm³/mol. The van der Waals surface area contributed by atoms with Gasteiger partial charge in [-0.2, -0.15) is 0 Å². The number of amides is 1. The van der Waals surface area contributed by atoms with Crippen molar-refractivity contribution in [2.45, 2.75) is 64.6 Å². The molecule has 0 saturated heterocycles. The molecule has 2 saturated carbocycles. The number of carbonyl (C=O) groups excluding carboxylic acids is 1. The van der Waals surface area contributed by atoms with Crippen LogP contribution in [0.3, 0.4) is 0 Å². The Morgan fingerprint density at radius 1 is 1.24 bits per heavy atom. The van der Waals surface area contributed by atoms with Gasteiger partial charge in [-0.15, -0.1) is 0 Å². The summed E-state index contributed by atoms with van der Waals surface area (Å²) in [5, 5.41) is 10.1. The van der Waals surface area contributed by atoms with Crippen molar-refractivity contribution in [3.05, 3.63) is 35.9 Å². The molecule has 0 heterocycles. The molecule has 0 aliphatic heterocycles.